The topological polar surface area (TPSA) is 42.1 Å². The average molecular weight is 344 g/mol. The maximum absolute atomic E-state index is 12.8. The Hall–Kier alpha value is -2.07. The van der Waals surface area contributed by atoms with Gasteiger partial charge in [0.2, 0.25) is 0 Å². The molecule has 4 heteroatoms. The number of hydrogen-bond acceptors (Lipinski definition) is 2. The van der Waals surface area contributed by atoms with Gasteiger partial charge in [0.05, 0.1) is 17.6 Å². The molecule has 1 heterocycles. The second-order valence-electron chi connectivity index (χ2n) is 4.62. The SMILES string of the molecule is CCOc1cccc2[nH]cc(C(=O)c3ccccc3Br)c12. The Labute approximate surface area is 131 Å². The molecule has 106 valence electrons. The fourth-order valence-electron chi connectivity index (χ4n) is 2.40. The summed E-state index contributed by atoms with van der Waals surface area (Å²) >= 11 is 3.43. The largest absolute Gasteiger partial charge is 0.493 e. The van der Waals surface area contributed by atoms with Crippen molar-refractivity contribution in [2.45, 2.75) is 6.92 Å². The fourth-order valence-corrected chi connectivity index (χ4v) is 2.86. The Morgan fingerprint density at radius 1 is 1.14 bits per heavy atom. The van der Waals surface area contributed by atoms with E-state index < -0.39 is 0 Å². The van der Waals surface area contributed by atoms with Crippen molar-refractivity contribution in [3.63, 3.8) is 0 Å². The molecule has 0 unspecified atom stereocenters. The lowest BCUT2D eigenvalue weighted by atomic mass is 10.0. The summed E-state index contributed by atoms with van der Waals surface area (Å²) in [5.74, 6) is 0.701. The summed E-state index contributed by atoms with van der Waals surface area (Å²) in [5, 5.41) is 0.833. The molecular weight excluding hydrogens is 330 g/mol. The summed E-state index contributed by atoms with van der Waals surface area (Å²) in [7, 11) is 0. The van der Waals surface area contributed by atoms with Crippen LogP contribution >= 0.6 is 15.9 Å². The minimum Gasteiger partial charge on any atom is -0.493 e. The molecule has 0 aliphatic carbocycles. The summed E-state index contributed by atoms with van der Waals surface area (Å²) in [4.78, 5) is 15.9. The number of carbonyl (C=O) groups excluding carboxylic acids is 1. The number of halogens is 1. The number of benzene rings is 2. The third-order valence-electron chi connectivity index (χ3n) is 3.33. The van der Waals surface area contributed by atoms with Crippen LogP contribution in [0, 0.1) is 0 Å². The smallest absolute Gasteiger partial charge is 0.196 e. The lowest BCUT2D eigenvalue weighted by Gasteiger charge is -2.07. The van der Waals surface area contributed by atoms with E-state index >= 15 is 0 Å². The number of aromatic amines is 1. The van der Waals surface area contributed by atoms with Gasteiger partial charge >= 0.3 is 0 Å². The van der Waals surface area contributed by atoms with Crippen molar-refractivity contribution in [3.05, 3.63) is 64.3 Å². The molecule has 0 bridgehead atoms. The Morgan fingerprint density at radius 2 is 1.95 bits per heavy atom. The van der Waals surface area contributed by atoms with Gasteiger partial charge in [-0.1, -0.05) is 34.1 Å². The number of ether oxygens (including phenoxy) is 1. The molecule has 0 radical (unpaired) electrons. The first-order valence-corrected chi connectivity index (χ1v) is 7.53. The maximum Gasteiger partial charge on any atom is 0.196 e. The van der Waals surface area contributed by atoms with Gasteiger partial charge in [0, 0.05) is 21.7 Å². The maximum atomic E-state index is 12.8. The van der Waals surface area contributed by atoms with Gasteiger partial charge in [0.25, 0.3) is 0 Å². The molecule has 3 aromatic rings. The molecule has 21 heavy (non-hydrogen) atoms. The van der Waals surface area contributed by atoms with E-state index in [2.05, 4.69) is 20.9 Å². The van der Waals surface area contributed by atoms with Crippen LogP contribution in [0.2, 0.25) is 0 Å². The number of H-pyrrole nitrogens is 1. The predicted molar refractivity (Wildman–Crippen MR) is 87.0 cm³/mol. The number of nitrogens with one attached hydrogen (secondary N) is 1. The van der Waals surface area contributed by atoms with Gasteiger partial charge in [0.1, 0.15) is 5.75 Å². The van der Waals surface area contributed by atoms with E-state index in [9.17, 15) is 4.79 Å². The highest BCUT2D eigenvalue weighted by Crippen LogP contribution is 2.31. The van der Waals surface area contributed by atoms with E-state index in [1.165, 1.54) is 0 Å². The average Bonchev–Trinajstić information content (AvgIpc) is 2.92. The van der Waals surface area contributed by atoms with Crippen LogP contribution < -0.4 is 4.74 Å². The van der Waals surface area contributed by atoms with Crippen LogP contribution in [0.1, 0.15) is 22.8 Å². The van der Waals surface area contributed by atoms with Crippen molar-refractivity contribution >= 4 is 32.6 Å². The quantitative estimate of drug-likeness (QED) is 0.705. The van der Waals surface area contributed by atoms with E-state index in [-0.39, 0.29) is 5.78 Å². The molecule has 0 fully saturated rings. The van der Waals surface area contributed by atoms with Crippen LogP contribution in [0.3, 0.4) is 0 Å². The molecule has 3 rings (SSSR count). The molecular formula is C17H14BrNO2. The van der Waals surface area contributed by atoms with Gasteiger partial charge in [-0.15, -0.1) is 0 Å². The van der Waals surface area contributed by atoms with E-state index in [1.807, 2.05) is 49.4 Å². The molecule has 0 atom stereocenters. The molecule has 0 aliphatic rings. The van der Waals surface area contributed by atoms with Crippen molar-refractivity contribution in [2.24, 2.45) is 0 Å². The van der Waals surface area contributed by atoms with Crippen molar-refractivity contribution in [3.8, 4) is 5.75 Å². The summed E-state index contributed by atoms with van der Waals surface area (Å²) in [6.45, 7) is 2.49. The minimum absolute atomic E-state index is 0.0270. The second-order valence-corrected chi connectivity index (χ2v) is 5.48. The highest BCUT2D eigenvalue weighted by molar-refractivity contribution is 9.10. The van der Waals surface area contributed by atoms with Gasteiger partial charge in [-0.3, -0.25) is 4.79 Å². The molecule has 0 saturated heterocycles. The Kier molecular flexibility index (Phi) is 3.80. The van der Waals surface area contributed by atoms with Gasteiger partial charge in [0.15, 0.2) is 5.78 Å². The zero-order chi connectivity index (χ0) is 14.8. The van der Waals surface area contributed by atoms with Gasteiger partial charge < -0.3 is 9.72 Å². The highest BCUT2D eigenvalue weighted by atomic mass is 79.9. The summed E-state index contributed by atoms with van der Waals surface area (Å²) in [5.41, 5.74) is 2.17. The van der Waals surface area contributed by atoms with Gasteiger partial charge in [-0.2, -0.15) is 0 Å². The van der Waals surface area contributed by atoms with Crippen LogP contribution in [0.5, 0.6) is 5.75 Å². The van der Waals surface area contributed by atoms with Crippen LogP contribution in [-0.4, -0.2) is 17.4 Å². The van der Waals surface area contributed by atoms with Crippen molar-refractivity contribution in [2.75, 3.05) is 6.61 Å². The summed E-state index contributed by atoms with van der Waals surface area (Å²) in [6, 6.07) is 13.2. The zero-order valence-corrected chi connectivity index (χ0v) is 13.1. The van der Waals surface area contributed by atoms with E-state index in [4.69, 9.17) is 4.74 Å². The third kappa shape index (κ3) is 2.47. The van der Waals surface area contributed by atoms with Crippen LogP contribution in [0.25, 0.3) is 10.9 Å². The zero-order valence-electron chi connectivity index (χ0n) is 11.5. The molecule has 1 N–H and O–H groups in total. The van der Waals surface area contributed by atoms with Crippen molar-refractivity contribution in [1.82, 2.24) is 4.98 Å². The predicted octanol–water partition coefficient (Wildman–Crippen LogP) is 4.56. The van der Waals surface area contributed by atoms with Crippen LogP contribution in [0.4, 0.5) is 0 Å². The van der Waals surface area contributed by atoms with E-state index in [0.717, 1.165) is 21.1 Å². The van der Waals surface area contributed by atoms with Crippen LogP contribution in [-0.2, 0) is 0 Å². The third-order valence-corrected chi connectivity index (χ3v) is 4.02. The summed E-state index contributed by atoms with van der Waals surface area (Å²) in [6.07, 6.45) is 1.74. The Bertz CT molecular complexity index is 807. The standard InChI is InChI=1S/C17H14BrNO2/c1-2-21-15-9-5-8-14-16(15)12(10-19-14)17(20)11-6-3-4-7-13(11)18/h3-10,19H,2H2,1H3. The Morgan fingerprint density at radius 3 is 2.71 bits per heavy atom. The number of rotatable bonds is 4. The summed E-state index contributed by atoms with van der Waals surface area (Å²) < 4.78 is 6.44. The number of carbonyl (C=O) groups is 1. The Balaban J connectivity index is 2.17. The molecule has 0 spiro atoms. The first-order valence-electron chi connectivity index (χ1n) is 6.74. The number of fused-ring (bicyclic) bond motifs is 1. The highest BCUT2D eigenvalue weighted by Gasteiger charge is 2.18. The molecule has 0 saturated carbocycles. The van der Waals surface area contributed by atoms with Crippen LogP contribution in [0.15, 0.2) is 53.1 Å². The van der Waals surface area contributed by atoms with Crippen molar-refractivity contribution in [1.29, 1.82) is 0 Å². The lowest BCUT2D eigenvalue weighted by molar-refractivity contribution is 0.103. The molecule has 0 aliphatic heterocycles. The number of aromatic nitrogens is 1. The van der Waals surface area contributed by atoms with E-state index in [0.29, 0.717) is 17.7 Å². The first kappa shape index (κ1) is 13.9. The molecule has 0 amide bonds. The minimum atomic E-state index is -0.0270. The normalized spacial score (nSPS) is 10.8. The number of ketones is 1. The lowest BCUT2D eigenvalue weighted by Crippen LogP contribution is -2.02. The van der Waals surface area contributed by atoms with E-state index in [1.54, 1.807) is 6.20 Å². The first-order chi connectivity index (χ1) is 10.2. The molecule has 3 nitrogen and oxygen atoms in total. The van der Waals surface area contributed by atoms with Gasteiger partial charge in [-0.05, 0) is 31.2 Å². The second kappa shape index (κ2) is 5.74. The molecule has 1 aromatic heterocycles. The molecule has 2 aromatic carbocycles. The number of hydrogen-bond donors (Lipinski definition) is 1. The fraction of sp³-hybridized carbons (Fsp3) is 0.118. The van der Waals surface area contributed by atoms with Crippen molar-refractivity contribution < 1.29 is 9.53 Å². The monoisotopic (exact) mass is 343 g/mol. The van der Waals surface area contributed by atoms with Gasteiger partial charge in [-0.25, -0.2) is 0 Å².